The highest BCUT2D eigenvalue weighted by Gasteiger charge is 2.17. The summed E-state index contributed by atoms with van der Waals surface area (Å²) < 4.78 is 6.84. The van der Waals surface area contributed by atoms with E-state index < -0.39 is 0 Å². The molecule has 0 bridgehead atoms. The first kappa shape index (κ1) is 21.1. The van der Waals surface area contributed by atoms with E-state index in [2.05, 4.69) is 10.3 Å². The molecule has 2 aromatic carbocycles. The molecule has 1 aromatic heterocycles. The molecule has 3 rings (SSSR count). The molecule has 29 heavy (non-hydrogen) atoms. The van der Waals surface area contributed by atoms with E-state index in [0.29, 0.717) is 22.7 Å². The molecule has 0 saturated heterocycles. The number of aromatic nitrogens is 2. The third kappa shape index (κ3) is 4.86. The van der Waals surface area contributed by atoms with Crippen LogP contribution in [0.25, 0.3) is 10.9 Å². The van der Waals surface area contributed by atoms with Crippen LogP contribution in [0.1, 0.15) is 24.1 Å². The van der Waals surface area contributed by atoms with Gasteiger partial charge in [0.1, 0.15) is 0 Å². The number of carbonyl (C=O) groups excluding carboxylic acids is 1. The van der Waals surface area contributed by atoms with Crippen molar-refractivity contribution in [3.05, 3.63) is 63.9 Å². The van der Waals surface area contributed by atoms with Gasteiger partial charge in [0.25, 0.3) is 5.56 Å². The Bertz CT molecular complexity index is 1090. The van der Waals surface area contributed by atoms with E-state index in [0.717, 1.165) is 11.3 Å². The summed E-state index contributed by atoms with van der Waals surface area (Å²) in [4.78, 5) is 30.1. The van der Waals surface area contributed by atoms with Crippen LogP contribution < -0.4 is 10.9 Å². The van der Waals surface area contributed by atoms with E-state index >= 15 is 0 Å². The minimum Gasteiger partial charge on any atom is -0.383 e. The third-order valence-corrected chi connectivity index (χ3v) is 5.70. The van der Waals surface area contributed by atoms with Crippen LogP contribution in [0.5, 0.6) is 0 Å². The average Bonchev–Trinajstić information content (AvgIpc) is 2.69. The van der Waals surface area contributed by atoms with Gasteiger partial charge in [0.2, 0.25) is 5.91 Å². The summed E-state index contributed by atoms with van der Waals surface area (Å²) in [5.41, 5.74) is 3.55. The lowest BCUT2D eigenvalue weighted by atomic mass is 10.1. The van der Waals surface area contributed by atoms with Gasteiger partial charge in [0.15, 0.2) is 5.16 Å². The van der Waals surface area contributed by atoms with Gasteiger partial charge in [-0.1, -0.05) is 30.0 Å². The van der Waals surface area contributed by atoms with Gasteiger partial charge < -0.3 is 10.1 Å². The van der Waals surface area contributed by atoms with Crippen LogP contribution >= 0.6 is 11.8 Å². The van der Waals surface area contributed by atoms with Crippen molar-refractivity contribution in [3.63, 3.8) is 0 Å². The predicted octanol–water partition coefficient (Wildman–Crippen LogP) is 3.95. The Hall–Kier alpha value is -2.64. The molecular weight excluding hydrogens is 386 g/mol. The number of nitrogens with one attached hydrogen (secondary N) is 1. The first-order valence-electron chi connectivity index (χ1n) is 9.41. The predicted molar refractivity (Wildman–Crippen MR) is 118 cm³/mol. The number of ether oxygens (including phenoxy) is 1. The largest absolute Gasteiger partial charge is 0.383 e. The molecular formula is C22H25N3O3S. The van der Waals surface area contributed by atoms with Crippen molar-refractivity contribution in [1.29, 1.82) is 0 Å². The summed E-state index contributed by atoms with van der Waals surface area (Å²) in [6.45, 7) is 6.32. The summed E-state index contributed by atoms with van der Waals surface area (Å²) >= 11 is 1.25. The molecule has 3 aromatic rings. The van der Waals surface area contributed by atoms with Gasteiger partial charge >= 0.3 is 0 Å². The van der Waals surface area contributed by atoms with Crippen molar-refractivity contribution in [2.45, 2.75) is 32.0 Å². The molecule has 0 fully saturated rings. The Kier molecular flexibility index (Phi) is 6.71. The second-order valence-electron chi connectivity index (χ2n) is 7.03. The zero-order valence-corrected chi connectivity index (χ0v) is 17.9. The lowest BCUT2D eigenvalue weighted by molar-refractivity contribution is -0.113. The molecule has 1 N–H and O–H groups in total. The Morgan fingerprint density at radius 1 is 1.21 bits per heavy atom. The number of nitrogens with zero attached hydrogens (tertiary/aromatic N) is 2. The fraction of sp³-hybridized carbons (Fsp3) is 0.318. The fourth-order valence-corrected chi connectivity index (χ4v) is 3.98. The number of hydrogen-bond donors (Lipinski definition) is 1. The minimum absolute atomic E-state index is 0.128. The number of methoxy groups -OCH3 is 1. The second kappa shape index (κ2) is 9.24. The molecule has 152 valence electrons. The highest BCUT2D eigenvalue weighted by molar-refractivity contribution is 7.99. The Morgan fingerprint density at radius 2 is 1.97 bits per heavy atom. The quantitative estimate of drug-likeness (QED) is 0.471. The van der Waals surface area contributed by atoms with E-state index in [4.69, 9.17) is 4.74 Å². The number of amides is 1. The number of carbonyl (C=O) groups is 1. The van der Waals surface area contributed by atoms with E-state index in [9.17, 15) is 9.59 Å². The standard InChI is InChI=1S/C22H25N3O3S/c1-14-9-10-17(11-15(14)2)23-20(26)13-29-22-24-19-8-6-5-7-18(19)21(27)25(22)16(3)12-28-4/h5-11,16H,12-13H2,1-4H3,(H,23,26)/t16-/m1/s1. The van der Waals surface area contributed by atoms with E-state index in [1.165, 1.54) is 17.3 Å². The maximum Gasteiger partial charge on any atom is 0.262 e. The number of anilines is 1. The van der Waals surface area contributed by atoms with Gasteiger partial charge in [-0.3, -0.25) is 14.2 Å². The van der Waals surface area contributed by atoms with Crippen LogP contribution in [-0.2, 0) is 9.53 Å². The van der Waals surface area contributed by atoms with Crippen molar-refractivity contribution in [1.82, 2.24) is 9.55 Å². The highest BCUT2D eigenvalue weighted by Crippen LogP contribution is 2.22. The van der Waals surface area contributed by atoms with Gasteiger partial charge in [0.05, 0.1) is 29.3 Å². The molecule has 1 amide bonds. The Labute approximate surface area is 174 Å². The Balaban J connectivity index is 1.84. The summed E-state index contributed by atoms with van der Waals surface area (Å²) in [5, 5.41) is 3.97. The molecule has 1 heterocycles. The van der Waals surface area contributed by atoms with E-state index in [-0.39, 0.29) is 23.3 Å². The van der Waals surface area contributed by atoms with Crippen LogP contribution in [0.4, 0.5) is 5.69 Å². The van der Waals surface area contributed by atoms with E-state index in [1.807, 2.05) is 51.1 Å². The van der Waals surface area contributed by atoms with Crippen molar-refractivity contribution in [2.24, 2.45) is 0 Å². The second-order valence-corrected chi connectivity index (χ2v) is 7.97. The molecule has 0 saturated carbocycles. The zero-order chi connectivity index (χ0) is 21.0. The summed E-state index contributed by atoms with van der Waals surface area (Å²) in [7, 11) is 1.60. The number of fused-ring (bicyclic) bond motifs is 1. The highest BCUT2D eigenvalue weighted by atomic mass is 32.2. The van der Waals surface area contributed by atoms with Crippen molar-refractivity contribution < 1.29 is 9.53 Å². The van der Waals surface area contributed by atoms with Crippen LogP contribution in [0.3, 0.4) is 0 Å². The van der Waals surface area contributed by atoms with E-state index in [1.54, 1.807) is 23.8 Å². The van der Waals surface area contributed by atoms with Crippen LogP contribution in [0.15, 0.2) is 52.4 Å². The first-order chi connectivity index (χ1) is 13.9. The lowest BCUT2D eigenvalue weighted by Crippen LogP contribution is -2.29. The first-order valence-corrected chi connectivity index (χ1v) is 10.4. The minimum atomic E-state index is -0.199. The topological polar surface area (TPSA) is 73.2 Å². The molecule has 0 radical (unpaired) electrons. The molecule has 0 aliphatic carbocycles. The molecule has 0 aliphatic rings. The maximum absolute atomic E-state index is 13.0. The number of rotatable bonds is 7. The summed E-state index contributed by atoms with van der Waals surface area (Å²) in [5.74, 6) is 0.00354. The number of hydrogen-bond acceptors (Lipinski definition) is 5. The van der Waals surface area contributed by atoms with Gasteiger partial charge in [-0.15, -0.1) is 0 Å². The van der Waals surface area contributed by atoms with Crippen LogP contribution in [-0.4, -0.2) is 34.9 Å². The fourth-order valence-electron chi connectivity index (χ4n) is 3.08. The number of aryl methyl sites for hydroxylation is 2. The average molecular weight is 412 g/mol. The van der Waals surface area contributed by atoms with Crippen LogP contribution in [0.2, 0.25) is 0 Å². The third-order valence-electron chi connectivity index (χ3n) is 4.75. The number of para-hydroxylation sites is 1. The molecule has 0 unspecified atom stereocenters. The SMILES string of the molecule is COC[C@@H](C)n1c(SCC(=O)Nc2ccc(C)c(C)c2)nc2ccccc2c1=O. The smallest absolute Gasteiger partial charge is 0.262 e. The van der Waals surface area contributed by atoms with Crippen LogP contribution in [0, 0.1) is 13.8 Å². The van der Waals surface area contributed by atoms with Gasteiger partial charge in [-0.05, 0) is 56.2 Å². The number of benzene rings is 2. The Morgan fingerprint density at radius 3 is 2.69 bits per heavy atom. The molecule has 0 aliphatic heterocycles. The van der Waals surface area contributed by atoms with Crippen molar-refractivity contribution in [2.75, 3.05) is 24.8 Å². The summed E-state index contributed by atoms with van der Waals surface area (Å²) in [6, 6.07) is 12.9. The normalized spacial score (nSPS) is 12.1. The molecule has 0 spiro atoms. The lowest BCUT2D eigenvalue weighted by Gasteiger charge is -2.18. The molecule has 1 atom stereocenters. The van der Waals surface area contributed by atoms with Gasteiger partial charge in [0, 0.05) is 12.8 Å². The van der Waals surface area contributed by atoms with Gasteiger partial charge in [-0.2, -0.15) is 0 Å². The monoisotopic (exact) mass is 411 g/mol. The maximum atomic E-state index is 13.0. The van der Waals surface area contributed by atoms with Crippen molar-refractivity contribution in [3.8, 4) is 0 Å². The summed E-state index contributed by atoms with van der Waals surface area (Å²) in [6.07, 6.45) is 0. The molecule has 6 nitrogen and oxygen atoms in total. The molecule has 7 heteroatoms. The van der Waals surface area contributed by atoms with Gasteiger partial charge in [-0.25, -0.2) is 4.98 Å². The zero-order valence-electron chi connectivity index (χ0n) is 17.1. The van der Waals surface area contributed by atoms with Crippen molar-refractivity contribution >= 4 is 34.3 Å². The number of thioether (sulfide) groups is 1.